The molecule has 0 radical (unpaired) electrons. The number of carbonyl (C=O) groups is 1. The Balaban J connectivity index is 1.83. The van der Waals surface area contributed by atoms with E-state index in [2.05, 4.69) is 4.98 Å². The fraction of sp³-hybridized carbons (Fsp3) is 0.231. The molecule has 2 heterocycles. The van der Waals surface area contributed by atoms with Gasteiger partial charge >= 0.3 is 4.87 Å². The lowest BCUT2D eigenvalue weighted by atomic mass is 10.1. The summed E-state index contributed by atoms with van der Waals surface area (Å²) in [6, 6.07) is 5.42. The van der Waals surface area contributed by atoms with Crippen LogP contribution in [0.15, 0.2) is 23.0 Å². The molecule has 0 spiro atoms. The zero-order chi connectivity index (χ0) is 13.4. The third-order valence-corrected chi connectivity index (χ3v) is 3.91. The van der Waals surface area contributed by atoms with Gasteiger partial charge in [-0.3, -0.25) is 9.59 Å². The van der Waals surface area contributed by atoms with Gasteiger partial charge in [-0.1, -0.05) is 17.4 Å². The highest BCUT2D eigenvalue weighted by Crippen LogP contribution is 2.32. The number of carbonyl (C=O) groups excluding carboxylic acids is 1. The summed E-state index contributed by atoms with van der Waals surface area (Å²) in [5.74, 6) is 1.28. The number of fused-ring (bicyclic) bond motifs is 1. The number of hydrogen-bond donors (Lipinski definition) is 1. The quantitative estimate of drug-likeness (QED) is 0.870. The van der Waals surface area contributed by atoms with E-state index in [4.69, 9.17) is 9.47 Å². The maximum Gasteiger partial charge on any atom is 0.305 e. The summed E-state index contributed by atoms with van der Waals surface area (Å²) in [6.45, 7) is 1.94. The van der Waals surface area contributed by atoms with Crippen molar-refractivity contribution < 1.29 is 14.3 Å². The van der Waals surface area contributed by atoms with E-state index in [0.29, 0.717) is 22.1 Å². The molecule has 1 aromatic carbocycles. The summed E-state index contributed by atoms with van der Waals surface area (Å²) in [4.78, 5) is 26.2. The number of rotatable bonds is 3. The number of ketones is 1. The lowest BCUT2D eigenvalue weighted by molar-refractivity contribution is 0.0996. The first-order valence-electron chi connectivity index (χ1n) is 5.75. The molecular weight excluding hydrogens is 266 g/mol. The first-order valence-corrected chi connectivity index (χ1v) is 6.56. The smallest absolute Gasteiger partial charge is 0.305 e. The van der Waals surface area contributed by atoms with E-state index in [-0.39, 0.29) is 23.9 Å². The lowest BCUT2D eigenvalue weighted by Gasteiger charge is -2.02. The van der Waals surface area contributed by atoms with Crippen LogP contribution in [0.5, 0.6) is 11.5 Å². The van der Waals surface area contributed by atoms with Crippen molar-refractivity contribution in [3.05, 3.63) is 44.0 Å². The van der Waals surface area contributed by atoms with Gasteiger partial charge in [0, 0.05) is 12.1 Å². The van der Waals surface area contributed by atoms with Crippen LogP contribution in [0.1, 0.15) is 20.9 Å². The van der Waals surface area contributed by atoms with Crippen molar-refractivity contribution in [1.29, 1.82) is 0 Å². The third-order valence-electron chi connectivity index (χ3n) is 2.88. The number of hydrogen-bond acceptors (Lipinski definition) is 5. The first-order chi connectivity index (χ1) is 9.13. The Bertz CT molecular complexity index is 701. The van der Waals surface area contributed by atoms with E-state index in [1.807, 2.05) is 6.07 Å². The van der Waals surface area contributed by atoms with E-state index < -0.39 is 0 Å². The van der Waals surface area contributed by atoms with E-state index in [0.717, 1.165) is 16.9 Å². The van der Waals surface area contributed by atoms with Crippen LogP contribution in [-0.4, -0.2) is 17.6 Å². The molecule has 1 aromatic heterocycles. The molecule has 2 aromatic rings. The standard InChI is InChI=1S/C13H11NO4S/c1-7-12(19-13(16)14-7)9(15)4-8-2-3-10-11(5-8)18-6-17-10/h2-3,5H,4,6H2,1H3,(H,14,16). The van der Waals surface area contributed by atoms with Crippen molar-refractivity contribution in [3.63, 3.8) is 0 Å². The number of thiazole rings is 1. The topological polar surface area (TPSA) is 68.4 Å². The van der Waals surface area contributed by atoms with Gasteiger partial charge in [-0.05, 0) is 24.6 Å². The number of aromatic nitrogens is 1. The summed E-state index contributed by atoms with van der Waals surface area (Å²) in [5, 5.41) is 0. The van der Waals surface area contributed by atoms with Crippen LogP contribution < -0.4 is 14.3 Å². The predicted molar refractivity (Wildman–Crippen MR) is 70.3 cm³/mol. The monoisotopic (exact) mass is 277 g/mol. The minimum atomic E-state index is -0.202. The number of benzene rings is 1. The van der Waals surface area contributed by atoms with Gasteiger partial charge in [0.2, 0.25) is 6.79 Å². The molecule has 1 aliphatic rings. The van der Waals surface area contributed by atoms with E-state index in [1.165, 1.54) is 0 Å². The molecule has 19 heavy (non-hydrogen) atoms. The van der Waals surface area contributed by atoms with Gasteiger partial charge in [-0.15, -0.1) is 0 Å². The Morgan fingerprint density at radius 3 is 2.89 bits per heavy atom. The van der Waals surface area contributed by atoms with Crippen molar-refractivity contribution in [1.82, 2.24) is 4.98 Å². The second-order valence-electron chi connectivity index (χ2n) is 4.26. The summed E-state index contributed by atoms with van der Waals surface area (Å²) in [6.07, 6.45) is 0.241. The highest BCUT2D eigenvalue weighted by Gasteiger charge is 2.17. The van der Waals surface area contributed by atoms with Crippen LogP contribution in [-0.2, 0) is 6.42 Å². The molecule has 0 fully saturated rings. The fourth-order valence-electron chi connectivity index (χ4n) is 1.99. The average molecular weight is 277 g/mol. The molecule has 3 rings (SSSR count). The molecule has 0 amide bonds. The van der Waals surface area contributed by atoms with E-state index in [9.17, 15) is 9.59 Å². The largest absolute Gasteiger partial charge is 0.454 e. The van der Waals surface area contributed by atoms with Crippen molar-refractivity contribution in [2.45, 2.75) is 13.3 Å². The Morgan fingerprint density at radius 1 is 1.37 bits per heavy atom. The number of Topliss-reactive ketones (excluding diaryl/α,β-unsaturated/α-hetero) is 1. The number of H-pyrrole nitrogens is 1. The van der Waals surface area contributed by atoms with Gasteiger partial charge < -0.3 is 14.5 Å². The van der Waals surface area contributed by atoms with Crippen molar-refractivity contribution in [2.75, 3.05) is 6.79 Å². The second-order valence-corrected chi connectivity index (χ2v) is 5.24. The highest BCUT2D eigenvalue weighted by atomic mass is 32.1. The zero-order valence-corrected chi connectivity index (χ0v) is 11.0. The van der Waals surface area contributed by atoms with Crippen LogP contribution in [0, 0.1) is 6.92 Å². The molecule has 0 bridgehead atoms. The minimum absolute atomic E-state index is 0.0697. The normalized spacial score (nSPS) is 12.7. The van der Waals surface area contributed by atoms with Gasteiger partial charge in [0.25, 0.3) is 0 Å². The van der Waals surface area contributed by atoms with Crippen LogP contribution in [0.2, 0.25) is 0 Å². The number of nitrogens with one attached hydrogen (secondary N) is 1. The van der Waals surface area contributed by atoms with Crippen LogP contribution in [0.4, 0.5) is 0 Å². The maximum absolute atomic E-state index is 12.1. The Morgan fingerprint density at radius 2 is 2.16 bits per heavy atom. The molecular formula is C13H11NO4S. The zero-order valence-electron chi connectivity index (χ0n) is 10.2. The second kappa shape index (κ2) is 4.55. The molecule has 98 valence electrons. The fourth-order valence-corrected chi connectivity index (χ4v) is 2.77. The molecule has 0 aliphatic carbocycles. The van der Waals surface area contributed by atoms with Crippen LogP contribution in [0.25, 0.3) is 0 Å². The molecule has 0 unspecified atom stereocenters. The summed E-state index contributed by atoms with van der Waals surface area (Å²) >= 11 is 0.951. The van der Waals surface area contributed by atoms with Gasteiger partial charge in [0.05, 0.1) is 4.88 Å². The van der Waals surface area contributed by atoms with Gasteiger partial charge in [-0.25, -0.2) is 0 Å². The summed E-state index contributed by atoms with van der Waals surface area (Å²) < 4.78 is 10.5. The molecule has 0 atom stereocenters. The molecule has 0 saturated carbocycles. The third kappa shape index (κ3) is 2.26. The average Bonchev–Trinajstić information content (AvgIpc) is 2.94. The maximum atomic E-state index is 12.1. The molecule has 5 nitrogen and oxygen atoms in total. The van der Waals surface area contributed by atoms with Gasteiger partial charge in [0.1, 0.15) is 0 Å². The first kappa shape index (κ1) is 12.0. The van der Waals surface area contributed by atoms with E-state index >= 15 is 0 Å². The number of aromatic amines is 1. The summed E-state index contributed by atoms with van der Waals surface area (Å²) in [7, 11) is 0. The number of aryl methyl sites for hydroxylation is 1. The minimum Gasteiger partial charge on any atom is -0.454 e. The number of ether oxygens (including phenoxy) is 2. The molecule has 1 aliphatic heterocycles. The Kier molecular flexibility index (Phi) is 2.87. The van der Waals surface area contributed by atoms with Crippen LogP contribution >= 0.6 is 11.3 Å². The molecule has 6 heteroatoms. The molecule has 1 N–H and O–H groups in total. The van der Waals surface area contributed by atoms with Gasteiger partial charge in [0.15, 0.2) is 17.3 Å². The van der Waals surface area contributed by atoms with Gasteiger partial charge in [-0.2, -0.15) is 0 Å². The van der Waals surface area contributed by atoms with Crippen molar-refractivity contribution >= 4 is 17.1 Å². The lowest BCUT2D eigenvalue weighted by Crippen LogP contribution is -2.03. The SMILES string of the molecule is Cc1[nH]c(=O)sc1C(=O)Cc1ccc2c(c1)OCO2. The van der Waals surface area contributed by atoms with E-state index in [1.54, 1.807) is 19.1 Å². The predicted octanol–water partition coefficient (Wildman–Crippen LogP) is 1.90. The highest BCUT2D eigenvalue weighted by molar-refractivity contribution is 7.11. The summed E-state index contributed by atoms with van der Waals surface area (Å²) in [5.41, 5.74) is 1.47. The van der Waals surface area contributed by atoms with Crippen molar-refractivity contribution in [2.24, 2.45) is 0 Å². The Hall–Kier alpha value is -2.08. The Labute approximate surface area is 112 Å². The van der Waals surface area contributed by atoms with Crippen molar-refractivity contribution in [3.8, 4) is 11.5 Å². The molecule has 0 saturated heterocycles. The van der Waals surface area contributed by atoms with Crippen LogP contribution in [0.3, 0.4) is 0 Å².